The summed E-state index contributed by atoms with van der Waals surface area (Å²) in [7, 11) is 2.42. The van der Waals surface area contributed by atoms with E-state index in [2.05, 4.69) is 19.7 Å². The fourth-order valence-electron chi connectivity index (χ4n) is 2.89. The summed E-state index contributed by atoms with van der Waals surface area (Å²) in [6.45, 7) is 7.73. The van der Waals surface area contributed by atoms with E-state index in [1.165, 1.54) is 14.2 Å². The molecule has 9 nitrogen and oxygen atoms in total. The summed E-state index contributed by atoms with van der Waals surface area (Å²) in [6, 6.07) is 5.18. The van der Waals surface area contributed by atoms with Gasteiger partial charge in [0.05, 0.1) is 31.0 Å². The predicted octanol–water partition coefficient (Wildman–Crippen LogP) is 3.04. The van der Waals surface area contributed by atoms with Crippen LogP contribution in [-0.4, -0.2) is 68.9 Å². The number of nitrogens with zero attached hydrogens (tertiary/aromatic N) is 2. The van der Waals surface area contributed by atoms with Gasteiger partial charge in [0.1, 0.15) is 11.3 Å². The van der Waals surface area contributed by atoms with Crippen molar-refractivity contribution < 1.29 is 28.6 Å². The van der Waals surface area contributed by atoms with Crippen LogP contribution in [0.1, 0.15) is 20.8 Å². The maximum absolute atomic E-state index is 12.2. The molecule has 10 heteroatoms. The molecule has 1 heterocycles. The van der Waals surface area contributed by atoms with E-state index in [-0.39, 0.29) is 11.8 Å². The number of ether oxygens (including phenoxy) is 3. The lowest BCUT2D eigenvalue weighted by molar-refractivity contribution is -0.138. The molecule has 1 aromatic rings. The Morgan fingerprint density at radius 2 is 1.71 bits per heavy atom. The molecule has 1 N–H and O–H groups in total. The maximum atomic E-state index is 12.2. The van der Waals surface area contributed by atoms with Crippen molar-refractivity contribution in [2.75, 3.05) is 50.6 Å². The molecule has 0 atom stereocenters. The van der Waals surface area contributed by atoms with Gasteiger partial charge in [0, 0.05) is 31.9 Å². The average molecular weight is 454 g/mol. The van der Waals surface area contributed by atoms with Gasteiger partial charge in [-0.25, -0.2) is 14.4 Å². The fourth-order valence-corrected chi connectivity index (χ4v) is 3.19. The summed E-state index contributed by atoms with van der Waals surface area (Å²) in [4.78, 5) is 39.4. The van der Waals surface area contributed by atoms with E-state index in [0.29, 0.717) is 36.9 Å². The number of hydrogen-bond acceptors (Lipinski definition) is 8. The van der Waals surface area contributed by atoms with E-state index in [1.54, 1.807) is 23.1 Å². The minimum atomic E-state index is -0.719. The lowest BCUT2D eigenvalue weighted by atomic mass is 10.2. The lowest BCUT2D eigenvalue weighted by Gasteiger charge is -2.37. The predicted molar refractivity (Wildman–Crippen MR) is 117 cm³/mol. The van der Waals surface area contributed by atoms with Crippen molar-refractivity contribution in [2.24, 2.45) is 0 Å². The molecule has 0 saturated carbocycles. The summed E-state index contributed by atoms with van der Waals surface area (Å²) < 4.78 is 14.6. The molecule has 0 bridgehead atoms. The molecule has 2 rings (SSSR count). The summed E-state index contributed by atoms with van der Waals surface area (Å²) in [5, 5.41) is 3.28. The number of carbonyl (C=O) groups is 3. The second-order valence-electron chi connectivity index (χ2n) is 7.82. The van der Waals surface area contributed by atoms with Crippen molar-refractivity contribution in [1.29, 1.82) is 0 Å². The van der Waals surface area contributed by atoms with Crippen LogP contribution in [-0.2, 0) is 23.8 Å². The Balaban J connectivity index is 2.06. The number of anilines is 2. The highest BCUT2D eigenvalue weighted by Gasteiger charge is 2.26. The number of carbonyl (C=O) groups excluding carboxylic acids is 3. The molecule has 0 unspecified atom stereocenters. The van der Waals surface area contributed by atoms with E-state index in [4.69, 9.17) is 16.3 Å². The van der Waals surface area contributed by atoms with Gasteiger partial charge in [0.15, 0.2) is 0 Å². The molecule has 170 valence electrons. The summed E-state index contributed by atoms with van der Waals surface area (Å²) in [5.74, 6) is -1.41. The summed E-state index contributed by atoms with van der Waals surface area (Å²) >= 11 is 6.46. The van der Waals surface area contributed by atoms with Crippen molar-refractivity contribution in [3.8, 4) is 0 Å². The molecule has 0 spiro atoms. The maximum Gasteiger partial charge on any atom is 0.410 e. The number of esters is 2. The van der Waals surface area contributed by atoms with Crippen LogP contribution in [0.5, 0.6) is 0 Å². The van der Waals surface area contributed by atoms with Crippen molar-refractivity contribution in [2.45, 2.75) is 26.4 Å². The number of amides is 1. The smallest absolute Gasteiger partial charge is 0.410 e. The standard InChI is InChI=1S/C21H28ClN3O6/c1-21(2,3)31-20(28)25-10-8-24(9-11-25)17-7-6-14(12-15(17)22)23-16(19(27)30-5)13-18(26)29-4/h6-7,12-13,23H,8-11H2,1-5H3/b16-13+. The van der Waals surface area contributed by atoms with Crippen LogP contribution in [0.15, 0.2) is 30.0 Å². The van der Waals surface area contributed by atoms with Crippen molar-refractivity contribution >= 4 is 41.0 Å². The van der Waals surface area contributed by atoms with E-state index in [0.717, 1.165) is 11.8 Å². The highest BCUT2D eigenvalue weighted by Crippen LogP contribution is 2.30. The van der Waals surface area contributed by atoms with Gasteiger partial charge in [-0.1, -0.05) is 11.6 Å². The van der Waals surface area contributed by atoms with Crippen molar-refractivity contribution in [1.82, 2.24) is 4.90 Å². The van der Waals surface area contributed by atoms with Crippen LogP contribution < -0.4 is 10.2 Å². The number of piperazine rings is 1. The van der Waals surface area contributed by atoms with Gasteiger partial charge >= 0.3 is 18.0 Å². The number of benzene rings is 1. The van der Waals surface area contributed by atoms with Crippen LogP contribution >= 0.6 is 11.6 Å². The zero-order valence-electron chi connectivity index (χ0n) is 18.4. The molecule has 0 aromatic heterocycles. The lowest BCUT2D eigenvalue weighted by Crippen LogP contribution is -2.50. The monoisotopic (exact) mass is 453 g/mol. The first-order valence-corrected chi connectivity index (χ1v) is 10.1. The van der Waals surface area contributed by atoms with Gasteiger partial charge in [-0.2, -0.15) is 0 Å². The van der Waals surface area contributed by atoms with Crippen LogP contribution in [0, 0.1) is 0 Å². The van der Waals surface area contributed by atoms with Gasteiger partial charge in [-0.3, -0.25) is 0 Å². The van der Waals surface area contributed by atoms with Crippen LogP contribution in [0.2, 0.25) is 5.02 Å². The molecular formula is C21H28ClN3O6. The van der Waals surface area contributed by atoms with E-state index in [9.17, 15) is 14.4 Å². The summed E-state index contributed by atoms with van der Waals surface area (Å²) in [5.41, 5.74) is 0.685. The molecule has 0 aliphatic carbocycles. The summed E-state index contributed by atoms with van der Waals surface area (Å²) in [6.07, 6.45) is 0.675. The third kappa shape index (κ3) is 7.06. The van der Waals surface area contributed by atoms with Crippen molar-refractivity contribution in [3.63, 3.8) is 0 Å². The highest BCUT2D eigenvalue weighted by molar-refractivity contribution is 6.33. The molecule has 1 saturated heterocycles. The molecule has 1 amide bonds. The molecule has 0 radical (unpaired) electrons. The Morgan fingerprint density at radius 3 is 2.23 bits per heavy atom. The third-order valence-electron chi connectivity index (χ3n) is 4.37. The Bertz CT molecular complexity index is 857. The van der Waals surface area contributed by atoms with E-state index < -0.39 is 17.5 Å². The third-order valence-corrected chi connectivity index (χ3v) is 4.67. The Kier molecular flexibility index (Phi) is 8.15. The molecular weight excluding hydrogens is 426 g/mol. The van der Waals surface area contributed by atoms with Crippen LogP contribution in [0.3, 0.4) is 0 Å². The van der Waals surface area contributed by atoms with Crippen LogP contribution in [0.4, 0.5) is 16.2 Å². The molecule has 1 aliphatic rings. The van der Waals surface area contributed by atoms with Gasteiger partial charge in [0.2, 0.25) is 0 Å². The second-order valence-corrected chi connectivity index (χ2v) is 8.23. The SMILES string of the molecule is COC(=O)/C=C(/Nc1ccc(N2CCN(C(=O)OC(C)(C)C)CC2)c(Cl)c1)C(=O)OC. The minimum absolute atomic E-state index is 0.0795. The van der Waals surface area contributed by atoms with Crippen LogP contribution in [0.25, 0.3) is 0 Å². The van der Waals surface area contributed by atoms with E-state index >= 15 is 0 Å². The van der Waals surface area contributed by atoms with Gasteiger partial charge in [-0.05, 0) is 39.0 Å². The first-order valence-electron chi connectivity index (χ1n) is 9.71. The first-order chi connectivity index (χ1) is 14.5. The average Bonchev–Trinajstić information content (AvgIpc) is 2.71. The Morgan fingerprint density at radius 1 is 1.06 bits per heavy atom. The minimum Gasteiger partial charge on any atom is -0.466 e. The normalized spacial score (nSPS) is 14.7. The molecule has 31 heavy (non-hydrogen) atoms. The number of rotatable bonds is 5. The fraction of sp³-hybridized carbons (Fsp3) is 0.476. The number of nitrogens with one attached hydrogen (secondary N) is 1. The Labute approximate surface area is 186 Å². The zero-order chi connectivity index (χ0) is 23.2. The topological polar surface area (TPSA) is 97.4 Å². The second kappa shape index (κ2) is 10.4. The number of methoxy groups -OCH3 is 2. The van der Waals surface area contributed by atoms with Gasteiger partial charge in [0.25, 0.3) is 0 Å². The van der Waals surface area contributed by atoms with Gasteiger partial charge in [-0.15, -0.1) is 0 Å². The number of hydrogen-bond donors (Lipinski definition) is 1. The highest BCUT2D eigenvalue weighted by atomic mass is 35.5. The molecule has 1 fully saturated rings. The quantitative estimate of drug-likeness (QED) is 0.412. The van der Waals surface area contributed by atoms with E-state index in [1.807, 2.05) is 20.8 Å². The molecule has 1 aliphatic heterocycles. The largest absolute Gasteiger partial charge is 0.466 e. The number of halogens is 1. The van der Waals surface area contributed by atoms with Crippen molar-refractivity contribution in [3.05, 3.63) is 35.0 Å². The zero-order valence-corrected chi connectivity index (χ0v) is 19.1. The first kappa shape index (κ1) is 24.3. The van der Waals surface area contributed by atoms with Gasteiger partial charge < -0.3 is 29.3 Å². The molecule has 1 aromatic carbocycles. The Hall–Kier alpha value is -2.94.